The van der Waals surface area contributed by atoms with E-state index in [1.165, 1.54) is 6.07 Å². The number of hydrogen-bond acceptors (Lipinski definition) is 4. The highest BCUT2D eigenvalue weighted by Crippen LogP contribution is 2.30. The third-order valence-corrected chi connectivity index (χ3v) is 5.96. The zero-order chi connectivity index (χ0) is 19.7. The average Bonchev–Trinajstić information content (AvgIpc) is 2.94. The van der Waals surface area contributed by atoms with Crippen molar-refractivity contribution in [3.8, 4) is 0 Å². The van der Waals surface area contributed by atoms with Gasteiger partial charge < -0.3 is 14.5 Å². The van der Waals surface area contributed by atoms with Crippen LogP contribution in [0.1, 0.15) is 29.4 Å². The van der Waals surface area contributed by atoms with Crippen molar-refractivity contribution in [1.29, 1.82) is 0 Å². The second-order valence-corrected chi connectivity index (χ2v) is 7.57. The van der Waals surface area contributed by atoms with Gasteiger partial charge in [0.1, 0.15) is 5.82 Å². The van der Waals surface area contributed by atoms with Crippen molar-refractivity contribution < 1.29 is 13.9 Å². The number of hydrogen-bond donors (Lipinski definition) is 0. The number of benzene rings is 1. The fourth-order valence-corrected chi connectivity index (χ4v) is 4.46. The van der Waals surface area contributed by atoms with E-state index in [1.807, 2.05) is 29.5 Å². The molecule has 0 bridgehead atoms. The summed E-state index contributed by atoms with van der Waals surface area (Å²) in [5, 5.41) is 4.31. The van der Waals surface area contributed by atoms with E-state index < -0.39 is 0 Å². The van der Waals surface area contributed by atoms with Crippen LogP contribution in [-0.2, 0) is 11.3 Å². The molecule has 2 fully saturated rings. The standard InChI is InChI=1S/C21H27FN4O2/c1-3-26-15(2)19(12-23-26)21(27)24-8-7-20-16(13-24)14-28-10-9-25(20)18-6-4-5-17(22)11-18/h4-6,11-12,16,20H,3,7-10,13-14H2,1-2H3/t16-,20+/m1/s1. The smallest absolute Gasteiger partial charge is 0.257 e. The van der Waals surface area contributed by atoms with E-state index in [4.69, 9.17) is 4.74 Å². The van der Waals surface area contributed by atoms with Crippen molar-refractivity contribution in [2.75, 3.05) is 37.7 Å². The van der Waals surface area contributed by atoms with Crippen molar-refractivity contribution in [3.63, 3.8) is 0 Å². The van der Waals surface area contributed by atoms with Gasteiger partial charge in [0.15, 0.2) is 0 Å². The van der Waals surface area contributed by atoms with Gasteiger partial charge in [0.2, 0.25) is 0 Å². The molecule has 6 nitrogen and oxygen atoms in total. The Morgan fingerprint density at radius 3 is 2.96 bits per heavy atom. The Morgan fingerprint density at radius 1 is 1.36 bits per heavy atom. The first-order chi connectivity index (χ1) is 13.6. The van der Waals surface area contributed by atoms with E-state index in [-0.39, 0.29) is 23.7 Å². The highest BCUT2D eigenvalue weighted by atomic mass is 19.1. The van der Waals surface area contributed by atoms with Crippen molar-refractivity contribution in [3.05, 3.63) is 47.5 Å². The highest BCUT2D eigenvalue weighted by molar-refractivity contribution is 5.95. The van der Waals surface area contributed by atoms with Crippen molar-refractivity contribution in [2.24, 2.45) is 5.92 Å². The number of piperidine rings is 1. The molecule has 2 aliphatic heterocycles. The number of carbonyl (C=O) groups is 1. The van der Waals surface area contributed by atoms with E-state index >= 15 is 0 Å². The minimum absolute atomic E-state index is 0.0391. The molecule has 150 valence electrons. The zero-order valence-electron chi connectivity index (χ0n) is 16.5. The summed E-state index contributed by atoms with van der Waals surface area (Å²) in [6.07, 6.45) is 2.52. The first-order valence-electron chi connectivity index (χ1n) is 10.00. The highest BCUT2D eigenvalue weighted by Gasteiger charge is 2.37. The zero-order valence-corrected chi connectivity index (χ0v) is 16.5. The minimum Gasteiger partial charge on any atom is -0.379 e. The molecular formula is C21H27FN4O2. The van der Waals surface area contributed by atoms with Crippen LogP contribution in [0.3, 0.4) is 0 Å². The van der Waals surface area contributed by atoms with Crippen LogP contribution in [0.4, 0.5) is 10.1 Å². The van der Waals surface area contributed by atoms with Gasteiger partial charge in [0.05, 0.1) is 25.0 Å². The minimum atomic E-state index is -0.227. The Balaban J connectivity index is 1.53. The quantitative estimate of drug-likeness (QED) is 0.814. The molecule has 1 amide bonds. The normalized spacial score (nSPS) is 22.7. The van der Waals surface area contributed by atoms with E-state index in [2.05, 4.69) is 10.00 Å². The second-order valence-electron chi connectivity index (χ2n) is 7.57. The van der Waals surface area contributed by atoms with Crippen LogP contribution >= 0.6 is 0 Å². The van der Waals surface area contributed by atoms with Crippen LogP contribution in [0.5, 0.6) is 0 Å². The van der Waals surface area contributed by atoms with Crippen LogP contribution in [-0.4, -0.2) is 59.5 Å². The lowest BCUT2D eigenvalue weighted by molar-refractivity contribution is 0.0520. The van der Waals surface area contributed by atoms with Gasteiger partial charge in [-0.25, -0.2) is 4.39 Å². The van der Waals surface area contributed by atoms with Crippen molar-refractivity contribution >= 4 is 11.6 Å². The number of amides is 1. The molecule has 0 aliphatic carbocycles. The largest absolute Gasteiger partial charge is 0.379 e. The van der Waals surface area contributed by atoms with Gasteiger partial charge in [-0.3, -0.25) is 9.48 Å². The van der Waals surface area contributed by atoms with E-state index in [9.17, 15) is 9.18 Å². The Bertz CT molecular complexity index is 853. The number of anilines is 1. The Hall–Kier alpha value is -2.41. The number of nitrogens with zero attached hydrogens (tertiary/aromatic N) is 4. The Kier molecular flexibility index (Phi) is 5.35. The van der Waals surface area contributed by atoms with E-state index in [1.54, 1.807) is 18.3 Å². The van der Waals surface area contributed by atoms with Gasteiger partial charge in [-0.1, -0.05) is 6.07 Å². The van der Waals surface area contributed by atoms with Crippen molar-refractivity contribution in [1.82, 2.24) is 14.7 Å². The fraction of sp³-hybridized carbons (Fsp3) is 0.524. The van der Waals surface area contributed by atoms with Crippen LogP contribution in [0.15, 0.2) is 30.5 Å². The molecule has 1 aromatic carbocycles. The molecule has 0 spiro atoms. The first kappa shape index (κ1) is 18.9. The molecular weight excluding hydrogens is 359 g/mol. The summed E-state index contributed by atoms with van der Waals surface area (Å²) in [6.45, 7) is 8.00. The van der Waals surface area contributed by atoms with Crippen LogP contribution < -0.4 is 4.90 Å². The molecule has 2 aromatic rings. The Morgan fingerprint density at radius 2 is 2.21 bits per heavy atom. The number of aromatic nitrogens is 2. The predicted molar refractivity (Wildman–Crippen MR) is 105 cm³/mol. The summed E-state index contributed by atoms with van der Waals surface area (Å²) in [4.78, 5) is 17.2. The van der Waals surface area contributed by atoms with Gasteiger partial charge in [-0.05, 0) is 38.5 Å². The van der Waals surface area contributed by atoms with E-state index in [0.29, 0.717) is 31.9 Å². The molecule has 0 radical (unpaired) electrons. The summed E-state index contributed by atoms with van der Waals surface area (Å²) in [6, 6.07) is 6.99. The van der Waals surface area contributed by atoms with Crippen LogP contribution in [0, 0.1) is 18.7 Å². The number of halogens is 1. The molecule has 0 saturated carbocycles. The maximum absolute atomic E-state index is 13.8. The topological polar surface area (TPSA) is 50.6 Å². The lowest BCUT2D eigenvalue weighted by atomic mass is 9.90. The predicted octanol–water partition coefficient (Wildman–Crippen LogP) is 2.72. The molecule has 2 aliphatic rings. The third-order valence-electron chi connectivity index (χ3n) is 5.96. The third kappa shape index (κ3) is 3.51. The SMILES string of the molecule is CCn1ncc(C(=O)N2CC[C@H]3[C@@H](COCCN3c3cccc(F)c3)C2)c1C. The van der Waals surface area contributed by atoms with E-state index in [0.717, 1.165) is 30.9 Å². The molecule has 0 N–H and O–H groups in total. The van der Waals surface area contributed by atoms with Gasteiger partial charge in [0.25, 0.3) is 5.91 Å². The molecule has 28 heavy (non-hydrogen) atoms. The monoisotopic (exact) mass is 386 g/mol. The number of carbonyl (C=O) groups excluding carboxylic acids is 1. The molecule has 2 saturated heterocycles. The average molecular weight is 386 g/mol. The summed E-state index contributed by atoms with van der Waals surface area (Å²) in [5.41, 5.74) is 2.48. The summed E-state index contributed by atoms with van der Waals surface area (Å²) in [5.74, 6) is 0.0115. The summed E-state index contributed by atoms with van der Waals surface area (Å²) in [7, 11) is 0. The first-order valence-corrected chi connectivity index (χ1v) is 10.00. The number of ether oxygens (including phenoxy) is 1. The van der Waals surface area contributed by atoms with Crippen molar-refractivity contribution in [2.45, 2.75) is 32.9 Å². The second kappa shape index (κ2) is 7.91. The molecule has 7 heteroatoms. The van der Waals surface area contributed by atoms with Gasteiger partial charge >= 0.3 is 0 Å². The maximum Gasteiger partial charge on any atom is 0.257 e. The number of likely N-dealkylation sites (tertiary alicyclic amines) is 1. The van der Waals surface area contributed by atoms with Gasteiger partial charge in [0, 0.05) is 49.5 Å². The maximum atomic E-state index is 13.8. The van der Waals surface area contributed by atoms with Crippen LogP contribution in [0.25, 0.3) is 0 Å². The number of aryl methyl sites for hydroxylation is 1. The van der Waals surface area contributed by atoms with Gasteiger partial charge in [-0.15, -0.1) is 0 Å². The lowest BCUT2D eigenvalue weighted by Gasteiger charge is -2.43. The molecule has 2 atom stereocenters. The summed E-state index contributed by atoms with van der Waals surface area (Å²) >= 11 is 0. The number of fused-ring (bicyclic) bond motifs is 1. The van der Waals surface area contributed by atoms with Gasteiger partial charge in [-0.2, -0.15) is 5.10 Å². The molecule has 4 rings (SSSR count). The van der Waals surface area contributed by atoms with Crippen LogP contribution in [0.2, 0.25) is 0 Å². The Labute approximate surface area is 164 Å². The number of rotatable bonds is 3. The lowest BCUT2D eigenvalue weighted by Crippen LogP contribution is -2.53. The molecule has 3 heterocycles. The summed E-state index contributed by atoms with van der Waals surface area (Å²) < 4.78 is 21.4. The fourth-order valence-electron chi connectivity index (χ4n) is 4.46. The molecule has 1 aromatic heterocycles. The molecule has 0 unspecified atom stereocenters.